The molecule has 30 heavy (non-hydrogen) atoms. The normalized spacial score (nSPS) is 13.7. The molecule has 0 saturated heterocycles. The first-order valence-corrected chi connectivity index (χ1v) is 13.9. The Kier molecular flexibility index (Phi) is 18.5. The Balaban J connectivity index is 3.85. The van der Waals surface area contributed by atoms with Crippen LogP contribution in [0.15, 0.2) is 0 Å². The SMILES string of the molecule is CCCCCCCCCCC(C)(C)CCC(O)C(C)(C)CCCCCCCCCC. The fraction of sp³-hybridized carbons (Fsp3) is 1.00. The van der Waals surface area contributed by atoms with Crippen LogP contribution in [0.1, 0.15) is 170 Å². The average Bonchev–Trinajstić information content (AvgIpc) is 2.70. The van der Waals surface area contributed by atoms with Crippen molar-refractivity contribution in [1.29, 1.82) is 0 Å². The van der Waals surface area contributed by atoms with E-state index >= 15 is 0 Å². The van der Waals surface area contributed by atoms with Crippen molar-refractivity contribution in [2.24, 2.45) is 10.8 Å². The van der Waals surface area contributed by atoms with E-state index in [9.17, 15) is 5.11 Å². The minimum absolute atomic E-state index is 0.0662. The lowest BCUT2D eigenvalue weighted by molar-refractivity contribution is 0.0250. The topological polar surface area (TPSA) is 20.2 Å². The molecule has 182 valence electrons. The zero-order valence-corrected chi connectivity index (χ0v) is 22.2. The average molecular weight is 425 g/mol. The standard InChI is InChI=1S/C29H60O/c1-7-9-11-13-15-17-19-21-24-28(3,4)26-23-27(30)29(5,6)25-22-20-18-16-14-12-10-8-2/h27,30H,7-26H2,1-6H3. The van der Waals surface area contributed by atoms with Gasteiger partial charge in [0.25, 0.3) is 0 Å². The van der Waals surface area contributed by atoms with Crippen molar-refractivity contribution in [2.45, 2.75) is 176 Å². The minimum Gasteiger partial charge on any atom is -0.393 e. The van der Waals surface area contributed by atoms with E-state index in [-0.39, 0.29) is 11.5 Å². The molecule has 0 amide bonds. The van der Waals surface area contributed by atoms with Gasteiger partial charge in [-0.3, -0.25) is 0 Å². The van der Waals surface area contributed by atoms with Crippen LogP contribution in [0.3, 0.4) is 0 Å². The largest absolute Gasteiger partial charge is 0.393 e. The lowest BCUT2D eigenvalue weighted by Gasteiger charge is -2.33. The monoisotopic (exact) mass is 424 g/mol. The summed E-state index contributed by atoms with van der Waals surface area (Å²) >= 11 is 0. The molecule has 1 unspecified atom stereocenters. The van der Waals surface area contributed by atoms with Gasteiger partial charge in [-0.15, -0.1) is 0 Å². The smallest absolute Gasteiger partial charge is 0.0591 e. The number of hydrogen-bond acceptors (Lipinski definition) is 1. The number of hydrogen-bond donors (Lipinski definition) is 1. The number of unbranched alkanes of at least 4 members (excludes halogenated alkanes) is 14. The summed E-state index contributed by atoms with van der Waals surface area (Å²) in [6, 6.07) is 0. The molecular weight excluding hydrogens is 364 g/mol. The molecule has 0 bridgehead atoms. The van der Waals surface area contributed by atoms with Crippen LogP contribution in [0.25, 0.3) is 0 Å². The molecule has 0 fully saturated rings. The first kappa shape index (κ1) is 30.0. The third kappa shape index (κ3) is 17.6. The second kappa shape index (κ2) is 18.5. The van der Waals surface area contributed by atoms with Crippen LogP contribution < -0.4 is 0 Å². The van der Waals surface area contributed by atoms with Crippen LogP contribution in [-0.4, -0.2) is 11.2 Å². The quantitative estimate of drug-likeness (QED) is 0.171. The summed E-state index contributed by atoms with van der Waals surface area (Å²) in [7, 11) is 0. The van der Waals surface area contributed by atoms with E-state index < -0.39 is 0 Å². The van der Waals surface area contributed by atoms with Gasteiger partial charge in [0.2, 0.25) is 0 Å². The Bertz CT molecular complexity index is 357. The molecule has 1 N–H and O–H groups in total. The van der Waals surface area contributed by atoms with Crippen molar-refractivity contribution < 1.29 is 5.11 Å². The molecule has 0 aromatic rings. The van der Waals surface area contributed by atoms with E-state index in [1.54, 1.807) is 0 Å². The van der Waals surface area contributed by atoms with Gasteiger partial charge < -0.3 is 5.11 Å². The third-order valence-corrected chi connectivity index (χ3v) is 7.38. The van der Waals surface area contributed by atoms with Gasteiger partial charge >= 0.3 is 0 Å². The van der Waals surface area contributed by atoms with E-state index in [0.717, 1.165) is 12.8 Å². The number of rotatable bonds is 22. The first-order valence-electron chi connectivity index (χ1n) is 13.9. The van der Waals surface area contributed by atoms with Gasteiger partial charge in [-0.2, -0.15) is 0 Å². The predicted molar refractivity (Wildman–Crippen MR) is 137 cm³/mol. The fourth-order valence-corrected chi connectivity index (χ4v) is 4.66. The Labute approximate surface area is 192 Å². The first-order chi connectivity index (χ1) is 14.2. The molecule has 0 rings (SSSR count). The molecule has 0 saturated carbocycles. The molecule has 0 aromatic carbocycles. The van der Waals surface area contributed by atoms with Crippen LogP contribution in [0.2, 0.25) is 0 Å². The molecule has 1 nitrogen and oxygen atoms in total. The molecule has 0 radical (unpaired) electrons. The highest BCUT2D eigenvalue weighted by molar-refractivity contribution is 4.80. The zero-order chi connectivity index (χ0) is 22.7. The van der Waals surface area contributed by atoms with Gasteiger partial charge in [0, 0.05) is 0 Å². The summed E-state index contributed by atoms with van der Waals surface area (Å²) in [5.74, 6) is 0. The molecule has 0 aliphatic rings. The van der Waals surface area contributed by atoms with Gasteiger partial charge in [-0.05, 0) is 36.5 Å². The number of aliphatic hydroxyl groups excluding tert-OH is 1. The molecular formula is C29H60O. The van der Waals surface area contributed by atoms with Gasteiger partial charge in [0.1, 0.15) is 0 Å². The van der Waals surface area contributed by atoms with Crippen LogP contribution >= 0.6 is 0 Å². The molecule has 0 spiro atoms. The van der Waals surface area contributed by atoms with E-state index in [4.69, 9.17) is 0 Å². The van der Waals surface area contributed by atoms with Crippen LogP contribution in [-0.2, 0) is 0 Å². The maximum atomic E-state index is 10.9. The second-order valence-electron chi connectivity index (χ2n) is 11.7. The lowest BCUT2D eigenvalue weighted by atomic mass is 9.75. The van der Waals surface area contributed by atoms with Crippen LogP contribution in [0, 0.1) is 10.8 Å². The molecule has 0 heterocycles. The maximum Gasteiger partial charge on any atom is 0.0591 e. The molecule has 0 aromatic heterocycles. The summed E-state index contributed by atoms with van der Waals surface area (Å²) in [4.78, 5) is 0. The highest BCUT2D eigenvalue weighted by Gasteiger charge is 2.29. The number of aliphatic hydroxyl groups is 1. The Hall–Kier alpha value is -0.0400. The van der Waals surface area contributed by atoms with Gasteiger partial charge in [-0.1, -0.05) is 144 Å². The highest BCUT2D eigenvalue weighted by atomic mass is 16.3. The van der Waals surface area contributed by atoms with Gasteiger partial charge in [0.05, 0.1) is 6.10 Å². The van der Waals surface area contributed by atoms with Crippen molar-refractivity contribution in [3.8, 4) is 0 Å². The van der Waals surface area contributed by atoms with Gasteiger partial charge in [-0.25, -0.2) is 0 Å². The molecule has 0 aliphatic carbocycles. The zero-order valence-electron chi connectivity index (χ0n) is 22.2. The van der Waals surface area contributed by atoms with Gasteiger partial charge in [0.15, 0.2) is 0 Å². The summed E-state index contributed by atoms with van der Waals surface area (Å²) < 4.78 is 0. The van der Waals surface area contributed by atoms with Crippen LogP contribution in [0.5, 0.6) is 0 Å². The summed E-state index contributed by atoms with van der Waals surface area (Å²) in [6.45, 7) is 14.0. The maximum absolute atomic E-state index is 10.9. The Morgan fingerprint density at radius 2 is 0.867 bits per heavy atom. The fourth-order valence-electron chi connectivity index (χ4n) is 4.66. The highest BCUT2D eigenvalue weighted by Crippen LogP contribution is 2.35. The predicted octanol–water partition coefficient (Wildman–Crippen LogP) is 10.2. The Morgan fingerprint density at radius 3 is 1.30 bits per heavy atom. The summed E-state index contributed by atoms with van der Waals surface area (Å²) in [5.41, 5.74) is 0.439. The van der Waals surface area contributed by atoms with E-state index in [1.807, 2.05) is 0 Å². The lowest BCUT2D eigenvalue weighted by Crippen LogP contribution is -2.30. The van der Waals surface area contributed by atoms with Crippen molar-refractivity contribution in [1.82, 2.24) is 0 Å². The third-order valence-electron chi connectivity index (χ3n) is 7.38. The van der Waals surface area contributed by atoms with E-state index in [1.165, 1.54) is 116 Å². The minimum atomic E-state index is -0.153. The van der Waals surface area contributed by atoms with E-state index in [2.05, 4.69) is 41.5 Å². The van der Waals surface area contributed by atoms with E-state index in [0.29, 0.717) is 5.41 Å². The summed E-state index contributed by atoms with van der Waals surface area (Å²) in [6.07, 6.45) is 26.6. The second-order valence-corrected chi connectivity index (χ2v) is 11.7. The molecule has 0 aliphatic heterocycles. The summed E-state index contributed by atoms with van der Waals surface area (Å²) in [5, 5.41) is 10.9. The van der Waals surface area contributed by atoms with Crippen LogP contribution in [0.4, 0.5) is 0 Å². The molecule has 1 atom stereocenters. The van der Waals surface area contributed by atoms with Crippen molar-refractivity contribution in [3.05, 3.63) is 0 Å². The van der Waals surface area contributed by atoms with Crippen molar-refractivity contribution in [3.63, 3.8) is 0 Å². The van der Waals surface area contributed by atoms with Crippen molar-refractivity contribution in [2.75, 3.05) is 0 Å². The molecule has 1 heteroatoms. The van der Waals surface area contributed by atoms with Crippen molar-refractivity contribution >= 4 is 0 Å². The Morgan fingerprint density at radius 1 is 0.500 bits per heavy atom.